The lowest BCUT2D eigenvalue weighted by molar-refractivity contribution is 0.0367. The highest BCUT2D eigenvalue weighted by molar-refractivity contribution is 7.99. The van der Waals surface area contributed by atoms with E-state index in [9.17, 15) is 4.21 Å². The summed E-state index contributed by atoms with van der Waals surface area (Å²) in [5.41, 5.74) is 0. The Bertz CT molecular complexity index is 676. The second kappa shape index (κ2) is 144. The molecule has 4 saturated carbocycles. The molecule has 83 heavy (non-hydrogen) atoms. The molecule has 0 aromatic heterocycles. The molecule has 0 radical (unpaired) electrons. The SMILES string of the molecule is C1=CN=CC1.C1CCC1.C1CCCC1.C1CCCCC1.C1CCCCC1.C1CCOC1.C1CCOCC1.C1CCOCC1.C1CCSCC1.C1COC1.CC.CC.CC.CC.CC.CC.CC.CC.CC.CC.CC.O.O=S1CCCCC1. The molecule has 0 unspecified atom stereocenters. The first kappa shape index (κ1) is 110. The molecule has 518 valence electrons. The van der Waals surface area contributed by atoms with Gasteiger partial charge in [0, 0.05) is 94.0 Å². The van der Waals surface area contributed by atoms with Gasteiger partial charge in [0.25, 0.3) is 0 Å². The molecule has 0 atom stereocenters. The van der Waals surface area contributed by atoms with Gasteiger partial charge in [0.2, 0.25) is 0 Å². The van der Waals surface area contributed by atoms with Gasteiger partial charge in [-0.3, -0.25) is 9.20 Å². The van der Waals surface area contributed by atoms with Crippen LogP contribution in [0.2, 0.25) is 0 Å². The minimum absolute atomic E-state index is 0. The van der Waals surface area contributed by atoms with E-state index in [0.717, 1.165) is 70.8 Å². The summed E-state index contributed by atoms with van der Waals surface area (Å²) in [6, 6.07) is 0. The number of hydrogen-bond donors (Lipinski definition) is 0. The monoisotopic (exact) mass is 1230 g/mol. The van der Waals surface area contributed by atoms with Gasteiger partial charge >= 0.3 is 0 Å². The quantitative estimate of drug-likeness (QED) is 0.240. The average Bonchev–Trinajstić information content (AvgIpc) is 4.48. The number of allylic oxidation sites excluding steroid dienone is 1. The van der Waals surface area contributed by atoms with Gasteiger partial charge in [0.05, 0.1) is 0 Å². The van der Waals surface area contributed by atoms with Crippen LogP contribution >= 0.6 is 11.8 Å². The Hall–Kier alpha value is -0.290. The van der Waals surface area contributed by atoms with E-state index in [0.29, 0.717) is 0 Å². The third-order valence-electron chi connectivity index (χ3n) is 11.7. The minimum atomic E-state index is -0.440. The Morgan fingerprint density at radius 3 is 0.554 bits per heavy atom. The van der Waals surface area contributed by atoms with Crippen molar-refractivity contribution in [3.63, 3.8) is 0 Å². The van der Waals surface area contributed by atoms with Gasteiger partial charge in [-0.05, 0) is 95.0 Å². The van der Waals surface area contributed by atoms with Gasteiger partial charge < -0.3 is 24.4 Å². The molecule has 6 saturated heterocycles. The highest BCUT2D eigenvalue weighted by Gasteiger charge is 2.04. The van der Waals surface area contributed by atoms with Crippen molar-refractivity contribution in [3.8, 4) is 0 Å². The molecular weight excluding hydrogens is 1060 g/mol. The molecule has 4 aliphatic carbocycles. The third-order valence-corrected chi connectivity index (χ3v) is 14.3. The zero-order valence-electron chi connectivity index (χ0n) is 62.2. The second-order valence-electron chi connectivity index (χ2n) is 17.6. The van der Waals surface area contributed by atoms with E-state index in [2.05, 4.69) is 16.8 Å². The number of ether oxygens (including phenoxy) is 4. The molecule has 10 fully saturated rings. The van der Waals surface area contributed by atoms with Crippen LogP contribution in [0.15, 0.2) is 17.3 Å². The van der Waals surface area contributed by atoms with E-state index < -0.39 is 10.8 Å². The zero-order valence-corrected chi connectivity index (χ0v) is 63.8. The summed E-state index contributed by atoms with van der Waals surface area (Å²) in [6.07, 6.45) is 58.0. The predicted molar refractivity (Wildman–Crippen MR) is 395 cm³/mol. The van der Waals surface area contributed by atoms with Crippen molar-refractivity contribution < 1.29 is 28.6 Å². The lowest BCUT2D eigenvalue weighted by Crippen LogP contribution is -2.09. The van der Waals surface area contributed by atoms with Crippen LogP contribution in [0.3, 0.4) is 0 Å². The van der Waals surface area contributed by atoms with Crippen molar-refractivity contribution in [1.29, 1.82) is 0 Å². The molecule has 0 amide bonds. The normalized spacial score (nSPS) is 17.9. The fraction of sp³-hybridized carbons (Fsp3) is 0.959. The van der Waals surface area contributed by atoms with E-state index in [1.165, 1.54) is 243 Å². The maximum absolute atomic E-state index is 10.6. The predicted octanol–water partition coefficient (Wildman–Crippen LogP) is 26.0. The first-order valence-corrected chi connectivity index (χ1v) is 39.9. The first-order chi connectivity index (χ1) is 40.9. The highest BCUT2D eigenvalue weighted by Crippen LogP contribution is 2.17. The number of thioether (sulfide) groups is 1. The van der Waals surface area contributed by atoms with Crippen molar-refractivity contribution in [3.05, 3.63) is 12.3 Å². The van der Waals surface area contributed by atoms with Crippen LogP contribution in [-0.4, -0.2) is 91.8 Å². The van der Waals surface area contributed by atoms with E-state index in [4.69, 9.17) is 18.9 Å². The molecule has 9 heteroatoms. The van der Waals surface area contributed by atoms with Crippen LogP contribution in [0.1, 0.15) is 390 Å². The molecule has 0 spiro atoms. The molecule has 11 rings (SSSR count). The largest absolute Gasteiger partial charge is 0.412 e. The van der Waals surface area contributed by atoms with Crippen molar-refractivity contribution in [1.82, 2.24) is 0 Å². The smallest absolute Gasteiger partial charge is 0.0488 e. The number of rotatable bonds is 0. The van der Waals surface area contributed by atoms with Gasteiger partial charge in [0.15, 0.2) is 0 Å². The van der Waals surface area contributed by atoms with Crippen LogP contribution in [0.4, 0.5) is 0 Å². The van der Waals surface area contributed by atoms with Crippen LogP contribution in [0.25, 0.3) is 0 Å². The van der Waals surface area contributed by atoms with E-state index in [1.807, 2.05) is 165 Å². The Morgan fingerprint density at radius 2 is 0.470 bits per heavy atom. The van der Waals surface area contributed by atoms with Crippen LogP contribution < -0.4 is 0 Å². The molecule has 11 aliphatic rings. The third kappa shape index (κ3) is 141. The molecular formula is C74H169NO6S2. The van der Waals surface area contributed by atoms with Crippen LogP contribution in [0.5, 0.6) is 0 Å². The van der Waals surface area contributed by atoms with E-state index >= 15 is 0 Å². The summed E-state index contributed by atoms with van der Waals surface area (Å²) in [5.74, 6) is 4.75. The van der Waals surface area contributed by atoms with Gasteiger partial charge in [-0.2, -0.15) is 11.8 Å². The lowest BCUT2D eigenvalue weighted by atomic mass is 10.0. The Kier molecular flexibility index (Phi) is 192. The Balaban J connectivity index is -0.0000000647. The fourth-order valence-corrected chi connectivity index (χ4v) is 9.36. The van der Waals surface area contributed by atoms with Crippen molar-refractivity contribution in [2.75, 3.05) is 75.9 Å². The summed E-state index contributed by atoms with van der Waals surface area (Å²) in [4.78, 5) is 3.78. The maximum Gasteiger partial charge on any atom is 0.0488 e. The maximum atomic E-state index is 10.6. The van der Waals surface area contributed by atoms with E-state index in [-0.39, 0.29) is 5.48 Å². The second-order valence-corrected chi connectivity index (χ2v) is 20.5. The summed E-state index contributed by atoms with van der Waals surface area (Å²) in [6.45, 7) is 52.0. The van der Waals surface area contributed by atoms with Crippen LogP contribution in [0, 0.1) is 0 Å². The molecule has 7 heterocycles. The molecule has 0 bridgehead atoms. The standard InChI is InChI=1S/2C6H12.C5H10OS.2C5H10O.C5H10S.C5H10.C4H5N.C4H8O.C4H8.C3H6O.11C2H6.H2O/c2*1-2-4-6-5-3-1;6-7-4-2-1-3-5-7;3*1-2-4-6-5-3-1;3*1-2-4-5-3-1;2*1-2-4-3-1;11*1-2;/h2*1-6H2;1-5H2;3*1-5H2;1-5H2;1,3-4H,2H2;1-4H2;1-4H2;1-3H2;11*1-2H3;1H2. The Morgan fingerprint density at radius 1 is 0.277 bits per heavy atom. The lowest BCUT2D eigenvalue weighted by Gasteiger charge is -2.09. The molecule has 7 aliphatic heterocycles. The van der Waals surface area contributed by atoms with Gasteiger partial charge in [0.1, 0.15) is 0 Å². The van der Waals surface area contributed by atoms with Gasteiger partial charge in [-0.15, -0.1) is 0 Å². The minimum Gasteiger partial charge on any atom is -0.412 e. The van der Waals surface area contributed by atoms with E-state index in [1.54, 1.807) is 6.20 Å². The highest BCUT2D eigenvalue weighted by atomic mass is 32.2. The molecule has 2 N–H and O–H groups in total. The zero-order chi connectivity index (χ0) is 64.6. The van der Waals surface area contributed by atoms with Gasteiger partial charge in [-0.1, -0.05) is 306 Å². The molecule has 0 aromatic rings. The Labute approximate surface area is 537 Å². The number of nitrogens with zero attached hydrogens (tertiary/aromatic N) is 1. The van der Waals surface area contributed by atoms with Gasteiger partial charge in [-0.25, -0.2) is 0 Å². The molecule has 0 aromatic carbocycles. The first-order valence-electron chi connectivity index (χ1n) is 37.3. The summed E-state index contributed by atoms with van der Waals surface area (Å²) < 4.78 is 30.4. The summed E-state index contributed by atoms with van der Waals surface area (Å²) >= 11 is 2.09. The summed E-state index contributed by atoms with van der Waals surface area (Å²) in [7, 11) is -0.440. The number of hydrogen-bond acceptors (Lipinski definition) is 7. The van der Waals surface area contributed by atoms with Crippen molar-refractivity contribution >= 4 is 28.8 Å². The molecule has 7 nitrogen and oxygen atoms in total. The van der Waals surface area contributed by atoms with Crippen molar-refractivity contribution in [2.24, 2.45) is 4.99 Å². The average molecular weight is 1230 g/mol. The number of aliphatic imine (C=N–C) groups is 1. The summed E-state index contributed by atoms with van der Waals surface area (Å²) in [5, 5.41) is 0. The van der Waals surface area contributed by atoms with Crippen molar-refractivity contribution in [2.45, 2.75) is 390 Å². The fourth-order valence-electron chi connectivity index (χ4n) is 7.08. The van der Waals surface area contributed by atoms with Crippen LogP contribution in [-0.2, 0) is 29.7 Å². The topological polar surface area (TPSA) is 97.8 Å².